The van der Waals surface area contributed by atoms with Crippen molar-refractivity contribution >= 4 is 5.91 Å². The number of hydrogen-bond acceptors (Lipinski definition) is 2. The van der Waals surface area contributed by atoms with E-state index in [1.807, 2.05) is 24.3 Å². The third-order valence-electron chi connectivity index (χ3n) is 3.24. The van der Waals surface area contributed by atoms with Crippen molar-refractivity contribution in [3.05, 3.63) is 29.8 Å². The number of methoxy groups -OCH3 is 1. The number of carbonyl (C=O) groups is 1. The first kappa shape index (κ1) is 11.0. The molecule has 0 spiro atoms. The summed E-state index contributed by atoms with van der Waals surface area (Å²) in [4.78, 5) is 11.4. The second-order valence-electron chi connectivity index (χ2n) is 4.80. The van der Waals surface area contributed by atoms with Gasteiger partial charge in [-0.2, -0.15) is 0 Å². The molecule has 1 aliphatic heterocycles. The summed E-state index contributed by atoms with van der Waals surface area (Å²) in [7, 11) is 1.65. The van der Waals surface area contributed by atoms with Crippen LogP contribution in [0.4, 0.5) is 0 Å². The monoisotopic (exact) mass is 219 g/mol. The summed E-state index contributed by atoms with van der Waals surface area (Å²) in [6.45, 7) is 4.12. The van der Waals surface area contributed by atoms with Crippen LogP contribution in [0.3, 0.4) is 0 Å². The third-order valence-corrected chi connectivity index (χ3v) is 3.24. The molecule has 0 radical (unpaired) electrons. The maximum Gasteiger partial charge on any atom is 0.221 e. The summed E-state index contributed by atoms with van der Waals surface area (Å²) in [5.41, 5.74) is 1.02. The van der Waals surface area contributed by atoms with E-state index < -0.39 is 0 Å². The number of carbonyl (C=O) groups excluding carboxylic acids is 1. The smallest absolute Gasteiger partial charge is 0.221 e. The highest BCUT2D eigenvalue weighted by molar-refractivity contribution is 5.81. The number of rotatable bonds is 2. The number of benzene rings is 1. The van der Waals surface area contributed by atoms with E-state index in [1.54, 1.807) is 7.11 Å². The van der Waals surface area contributed by atoms with Crippen LogP contribution in [0.25, 0.3) is 0 Å². The standard InChI is InChI=1S/C13H17NO2/c1-13(2)11(8-12(15)14-13)9-4-6-10(16-3)7-5-9/h4-7,11H,8H2,1-3H3,(H,14,15). The van der Waals surface area contributed by atoms with E-state index in [2.05, 4.69) is 19.2 Å². The maximum atomic E-state index is 11.4. The summed E-state index contributed by atoms with van der Waals surface area (Å²) in [5.74, 6) is 1.22. The van der Waals surface area contributed by atoms with E-state index in [9.17, 15) is 4.79 Å². The van der Waals surface area contributed by atoms with E-state index in [-0.39, 0.29) is 17.4 Å². The first-order valence-electron chi connectivity index (χ1n) is 5.48. The molecular weight excluding hydrogens is 202 g/mol. The van der Waals surface area contributed by atoms with Crippen LogP contribution in [-0.4, -0.2) is 18.6 Å². The predicted octanol–water partition coefficient (Wildman–Crippen LogP) is 2.08. The molecule has 1 aromatic rings. The largest absolute Gasteiger partial charge is 0.497 e. The molecule has 1 amide bonds. The van der Waals surface area contributed by atoms with Gasteiger partial charge in [-0.05, 0) is 31.5 Å². The molecule has 1 saturated heterocycles. The lowest BCUT2D eigenvalue weighted by Crippen LogP contribution is -2.38. The molecule has 1 aromatic carbocycles. The minimum absolute atomic E-state index is 0.130. The van der Waals surface area contributed by atoms with Gasteiger partial charge in [0.25, 0.3) is 0 Å². The van der Waals surface area contributed by atoms with E-state index in [4.69, 9.17) is 4.74 Å². The summed E-state index contributed by atoms with van der Waals surface area (Å²) in [6.07, 6.45) is 0.569. The second kappa shape index (κ2) is 3.81. The van der Waals surface area contributed by atoms with Crippen LogP contribution >= 0.6 is 0 Å². The molecule has 1 unspecified atom stereocenters. The average Bonchev–Trinajstić information content (AvgIpc) is 2.52. The van der Waals surface area contributed by atoms with Crippen molar-refractivity contribution in [3.8, 4) is 5.75 Å². The third kappa shape index (κ3) is 1.90. The van der Waals surface area contributed by atoms with Gasteiger partial charge in [0.2, 0.25) is 5.91 Å². The van der Waals surface area contributed by atoms with Gasteiger partial charge < -0.3 is 10.1 Å². The fraction of sp³-hybridized carbons (Fsp3) is 0.462. The molecule has 1 fully saturated rings. The fourth-order valence-corrected chi connectivity index (χ4v) is 2.31. The highest BCUT2D eigenvalue weighted by Crippen LogP contribution is 2.36. The minimum atomic E-state index is -0.161. The van der Waals surface area contributed by atoms with Crippen molar-refractivity contribution in [2.45, 2.75) is 31.7 Å². The van der Waals surface area contributed by atoms with Gasteiger partial charge >= 0.3 is 0 Å². The molecule has 0 bridgehead atoms. The highest BCUT2D eigenvalue weighted by atomic mass is 16.5. The Morgan fingerprint density at radius 2 is 1.94 bits per heavy atom. The molecule has 1 aliphatic rings. The van der Waals surface area contributed by atoms with Gasteiger partial charge in [0.15, 0.2) is 0 Å². The molecule has 86 valence electrons. The number of amides is 1. The lowest BCUT2D eigenvalue weighted by atomic mass is 9.83. The molecular formula is C13H17NO2. The Morgan fingerprint density at radius 3 is 2.38 bits per heavy atom. The van der Waals surface area contributed by atoms with Crippen LogP contribution in [0.1, 0.15) is 31.7 Å². The number of ether oxygens (including phenoxy) is 1. The topological polar surface area (TPSA) is 38.3 Å². The Bertz CT molecular complexity index is 395. The van der Waals surface area contributed by atoms with Gasteiger partial charge in [-0.25, -0.2) is 0 Å². The van der Waals surface area contributed by atoms with Crippen molar-refractivity contribution in [3.63, 3.8) is 0 Å². The quantitative estimate of drug-likeness (QED) is 0.827. The summed E-state index contributed by atoms with van der Waals surface area (Å²) >= 11 is 0. The van der Waals surface area contributed by atoms with Gasteiger partial charge in [0.05, 0.1) is 7.11 Å². The number of hydrogen-bond donors (Lipinski definition) is 1. The summed E-state index contributed by atoms with van der Waals surface area (Å²) in [5, 5.41) is 3.00. The molecule has 0 aliphatic carbocycles. The predicted molar refractivity (Wildman–Crippen MR) is 62.6 cm³/mol. The van der Waals surface area contributed by atoms with Gasteiger partial charge in [-0.3, -0.25) is 4.79 Å². The Balaban J connectivity index is 2.26. The van der Waals surface area contributed by atoms with Gasteiger partial charge in [0, 0.05) is 17.9 Å². The van der Waals surface area contributed by atoms with E-state index in [0.717, 1.165) is 5.75 Å². The molecule has 1 heterocycles. The van der Waals surface area contributed by atoms with Gasteiger partial charge in [0.1, 0.15) is 5.75 Å². The van der Waals surface area contributed by atoms with Crippen molar-refractivity contribution in [1.29, 1.82) is 0 Å². The van der Waals surface area contributed by atoms with Crippen LogP contribution in [0.5, 0.6) is 5.75 Å². The van der Waals surface area contributed by atoms with Crippen LogP contribution in [0.2, 0.25) is 0 Å². The van der Waals surface area contributed by atoms with E-state index in [1.165, 1.54) is 5.56 Å². The normalized spacial score (nSPS) is 22.9. The highest BCUT2D eigenvalue weighted by Gasteiger charge is 2.39. The molecule has 3 heteroatoms. The Labute approximate surface area is 95.8 Å². The lowest BCUT2D eigenvalue weighted by Gasteiger charge is -2.26. The van der Waals surface area contributed by atoms with E-state index >= 15 is 0 Å². The van der Waals surface area contributed by atoms with Crippen molar-refractivity contribution in [2.75, 3.05) is 7.11 Å². The summed E-state index contributed by atoms with van der Waals surface area (Å²) < 4.78 is 5.12. The Kier molecular flexibility index (Phi) is 2.62. The van der Waals surface area contributed by atoms with Crippen LogP contribution in [0, 0.1) is 0 Å². The van der Waals surface area contributed by atoms with Crippen LogP contribution in [-0.2, 0) is 4.79 Å². The first-order valence-corrected chi connectivity index (χ1v) is 5.48. The molecule has 3 nitrogen and oxygen atoms in total. The molecule has 0 saturated carbocycles. The van der Waals surface area contributed by atoms with Crippen LogP contribution in [0.15, 0.2) is 24.3 Å². The molecule has 1 N–H and O–H groups in total. The first-order chi connectivity index (χ1) is 7.53. The Morgan fingerprint density at radius 1 is 1.31 bits per heavy atom. The average molecular weight is 219 g/mol. The van der Waals surface area contributed by atoms with Gasteiger partial charge in [-0.15, -0.1) is 0 Å². The maximum absolute atomic E-state index is 11.4. The zero-order chi connectivity index (χ0) is 11.8. The zero-order valence-electron chi connectivity index (χ0n) is 9.91. The molecule has 16 heavy (non-hydrogen) atoms. The molecule has 1 atom stereocenters. The van der Waals surface area contributed by atoms with Crippen LogP contribution < -0.4 is 10.1 Å². The minimum Gasteiger partial charge on any atom is -0.497 e. The number of nitrogens with one attached hydrogen (secondary N) is 1. The van der Waals surface area contributed by atoms with Gasteiger partial charge in [-0.1, -0.05) is 12.1 Å². The van der Waals surface area contributed by atoms with Crippen molar-refractivity contribution in [2.24, 2.45) is 0 Å². The molecule has 2 rings (SSSR count). The SMILES string of the molecule is COc1ccc(C2CC(=O)NC2(C)C)cc1. The van der Waals surface area contributed by atoms with E-state index in [0.29, 0.717) is 6.42 Å². The Hall–Kier alpha value is -1.51. The summed E-state index contributed by atoms with van der Waals surface area (Å²) in [6, 6.07) is 7.94. The zero-order valence-corrected chi connectivity index (χ0v) is 9.91. The molecule has 0 aromatic heterocycles. The second-order valence-corrected chi connectivity index (χ2v) is 4.80. The van der Waals surface area contributed by atoms with Crippen molar-refractivity contribution < 1.29 is 9.53 Å². The van der Waals surface area contributed by atoms with Crippen molar-refractivity contribution in [1.82, 2.24) is 5.32 Å². The lowest BCUT2D eigenvalue weighted by molar-refractivity contribution is -0.119. The fourth-order valence-electron chi connectivity index (χ4n) is 2.31.